The van der Waals surface area contributed by atoms with Gasteiger partial charge in [-0.2, -0.15) is 0 Å². The number of methoxy groups -OCH3 is 1. The molecule has 0 fully saturated rings. The van der Waals surface area contributed by atoms with Crippen LogP contribution in [0.15, 0.2) is 72.8 Å². The molecule has 0 aliphatic rings. The van der Waals surface area contributed by atoms with Crippen LogP contribution >= 0.6 is 0 Å². The molecule has 0 aliphatic heterocycles. The summed E-state index contributed by atoms with van der Waals surface area (Å²) in [5.41, 5.74) is 2.56. The number of nitro benzene ring substituents is 1. The smallest absolute Gasteiger partial charge is 0.311 e. The van der Waals surface area contributed by atoms with Gasteiger partial charge in [-0.15, -0.1) is 0 Å². The summed E-state index contributed by atoms with van der Waals surface area (Å²) in [6, 6.07) is 21.9. The van der Waals surface area contributed by atoms with Gasteiger partial charge < -0.3 is 14.8 Å². The molecule has 0 atom stereocenters. The number of benzene rings is 3. The summed E-state index contributed by atoms with van der Waals surface area (Å²) in [5.74, 6) is -1.25. The van der Waals surface area contributed by atoms with Crippen molar-refractivity contribution in [3.63, 3.8) is 0 Å². The van der Waals surface area contributed by atoms with Crippen molar-refractivity contribution in [1.82, 2.24) is 0 Å². The molecule has 170 valence electrons. The van der Waals surface area contributed by atoms with Gasteiger partial charge in [-0.25, -0.2) is 0 Å². The molecule has 1 N–H and O–H groups in total. The highest BCUT2D eigenvalue weighted by atomic mass is 16.6. The maximum Gasteiger partial charge on any atom is 0.311 e. The highest BCUT2D eigenvalue weighted by Crippen LogP contribution is 2.33. The van der Waals surface area contributed by atoms with Gasteiger partial charge in [0, 0.05) is 23.7 Å². The van der Waals surface area contributed by atoms with E-state index in [1.165, 1.54) is 19.2 Å². The van der Waals surface area contributed by atoms with E-state index in [2.05, 4.69) is 5.32 Å². The Kier molecular flexibility index (Phi) is 7.75. The minimum atomic E-state index is -0.560. The standard InChI is InChI=1S/C25H24N2O6/c1-17-13-22(27(30)31)23(32-2)15-21(17)26-24(28)16-33-25(29)14-20(18-9-5-3-6-10-18)19-11-7-4-8-12-19/h3-13,15,20H,14,16H2,1-2H3,(H,26,28). The fourth-order valence-electron chi connectivity index (χ4n) is 3.47. The lowest BCUT2D eigenvalue weighted by atomic mass is 9.89. The minimum Gasteiger partial charge on any atom is -0.490 e. The highest BCUT2D eigenvalue weighted by molar-refractivity contribution is 5.94. The molecule has 33 heavy (non-hydrogen) atoms. The number of nitro groups is 1. The molecule has 3 rings (SSSR count). The van der Waals surface area contributed by atoms with E-state index in [1.54, 1.807) is 6.92 Å². The summed E-state index contributed by atoms with van der Waals surface area (Å²) in [5, 5.41) is 13.7. The fraction of sp³-hybridized carbons (Fsp3) is 0.200. The average Bonchev–Trinajstić information content (AvgIpc) is 2.83. The number of nitrogens with one attached hydrogen (secondary N) is 1. The average molecular weight is 448 g/mol. The van der Waals surface area contributed by atoms with Crippen molar-refractivity contribution in [1.29, 1.82) is 0 Å². The lowest BCUT2D eigenvalue weighted by Crippen LogP contribution is -2.22. The van der Waals surface area contributed by atoms with Crippen molar-refractivity contribution in [3.05, 3.63) is 99.6 Å². The van der Waals surface area contributed by atoms with Crippen LogP contribution in [-0.4, -0.2) is 30.5 Å². The number of esters is 1. The number of carbonyl (C=O) groups excluding carboxylic acids is 2. The van der Waals surface area contributed by atoms with Crippen LogP contribution in [0.2, 0.25) is 0 Å². The third-order valence-corrected chi connectivity index (χ3v) is 5.14. The number of anilines is 1. The van der Waals surface area contributed by atoms with Crippen molar-refractivity contribution < 1.29 is 24.0 Å². The van der Waals surface area contributed by atoms with E-state index in [4.69, 9.17) is 9.47 Å². The van der Waals surface area contributed by atoms with Gasteiger partial charge in [0.25, 0.3) is 5.91 Å². The molecule has 0 unspecified atom stereocenters. The van der Waals surface area contributed by atoms with Crippen LogP contribution in [0.3, 0.4) is 0 Å². The molecule has 0 bridgehead atoms. The van der Waals surface area contributed by atoms with Gasteiger partial charge in [0.1, 0.15) is 0 Å². The molecule has 0 aromatic heterocycles. The first-order chi connectivity index (χ1) is 15.9. The third-order valence-electron chi connectivity index (χ3n) is 5.14. The number of amides is 1. The van der Waals surface area contributed by atoms with Crippen molar-refractivity contribution in [2.45, 2.75) is 19.3 Å². The zero-order chi connectivity index (χ0) is 23.8. The summed E-state index contributed by atoms with van der Waals surface area (Å²) < 4.78 is 10.2. The quantitative estimate of drug-likeness (QED) is 0.291. The number of rotatable bonds is 9. The molecule has 0 saturated carbocycles. The second-order valence-corrected chi connectivity index (χ2v) is 7.38. The molecular weight excluding hydrogens is 424 g/mol. The van der Waals surface area contributed by atoms with Gasteiger partial charge in [-0.1, -0.05) is 60.7 Å². The lowest BCUT2D eigenvalue weighted by Gasteiger charge is -2.17. The number of ether oxygens (including phenoxy) is 2. The van der Waals surface area contributed by atoms with E-state index < -0.39 is 23.4 Å². The van der Waals surface area contributed by atoms with Gasteiger partial charge >= 0.3 is 11.7 Å². The molecule has 1 amide bonds. The summed E-state index contributed by atoms with van der Waals surface area (Å²) >= 11 is 0. The van der Waals surface area contributed by atoms with Crippen LogP contribution in [0.5, 0.6) is 5.75 Å². The van der Waals surface area contributed by atoms with Crippen molar-refractivity contribution >= 4 is 23.3 Å². The summed E-state index contributed by atoms with van der Waals surface area (Å²) in [7, 11) is 1.31. The Morgan fingerprint density at radius 2 is 1.58 bits per heavy atom. The molecule has 8 nitrogen and oxygen atoms in total. The number of nitrogens with zero attached hydrogens (tertiary/aromatic N) is 1. The van der Waals surface area contributed by atoms with Crippen molar-refractivity contribution in [2.75, 3.05) is 19.0 Å². The number of carbonyl (C=O) groups is 2. The first-order valence-electron chi connectivity index (χ1n) is 10.3. The molecule has 0 heterocycles. The first-order valence-corrected chi connectivity index (χ1v) is 10.3. The molecular formula is C25H24N2O6. The maximum absolute atomic E-state index is 12.5. The highest BCUT2D eigenvalue weighted by Gasteiger charge is 2.21. The summed E-state index contributed by atoms with van der Waals surface area (Å²) in [4.78, 5) is 35.5. The van der Waals surface area contributed by atoms with Crippen LogP contribution in [0.4, 0.5) is 11.4 Å². The zero-order valence-electron chi connectivity index (χ0n) is 18.3. The monoisotopic (exact) mass is 448 g/mol. The lowest BCUT2D eigenvalue weighted by molar-refractivity contribution is -0.385. The van der Waals surface area contributed by atoms with Gasteiger partial charge in [0.05, 0.1) is 18.5 Å². The van der Waals surface area contributed by atoms with Gasteiger partial charge in [-0.05, 0) is 23.6 Å². The van der Waals surface area contributed by atoms with E-state index in [0.29, 0.717) is 11.3 Å². The Morgan fingerprint density at radius 1 is 1.00 bits per heavy atom. The van der Waals surface area contributed by atoms with Crippen LogP contribution in [0, 0.1) is 17.0 Å². The SMILES string of the molecule is COc1cc(NC(=O)COC(=O)CC(c2ccccc2)c2ccccc2)c(C)cc1[N+](=O)[O-]. The Labute approximate surface area is 191 Å². The van der Waals surface area contributed by atoms with Crippen LogP contribution in [0.25, 0.3) is 0 Å². The van der Waals surface area contributed by atoms with E-state index in [0.717, 1.165) is 11.1 Å². The van der Waals surface area contributed by atoms with Crippen LogP contribution in [-0.2, 0) is 14.3 Å². The Hall–Kier alpha value is -4.20. The van der Waals surface area contributed by atoms with Gasteiger partial charge in [0.15, 0.2) is 12.4 Å². The normalized spacial score (nSPS) is 10.5. The van der Waals surface area contributed by atoms with E-state index >= 15 is 0 Å². The topological polar surface area (TPSA) is 108 Å². The summed E-state index contributed by atoms with van der Waals surface area (Å²) in [6.45, 7) is 1.15. The van der Waals surface area contributed by atoms with Crippen molar-refractivity contribution in [3.8, 4) is 5.75 Å². The minimum absolute atomic E-state index is 0.0199. The molecule has 0 saturated heterocycles. The molecule has 3 aromatic rings. The van der Waals surface area contributed by atoms with Gasteiger partial charge in [-0.3, -0.25) is 19.7 Å². The number of hydrogen-bond donors (Lipinski definition) is 1. The Balaban J connectivity index is 1.64. The second-order valence-electron chi connectivity index (χ2n) is 7.38. The molecule has 0 spiro atoms. The van der Waals surface area contributed by atoms with Crippen molar-refractivity contribution in [2.24, 2.45) is 0 Å². The number of aryl methyl sites for hydroxylation is 1. The molecule has 8 heteroatoms. The Bertz CT molecular complexity index is 1090. The van der Waals surface area contributed by atoms with E-state index in [1.807, 2.05) is 60.7 Å². The second kappa shape index (κ2) is 10.9. The molecule has 0 radical (unpaired) electrons. The van der Waals surface area contributed by atoms with E-state index in [9.17, 15) is 19.7 Å². The fourth-order valence-corrected chi connectivity index (χ4v) is 3.47. The predicted molar refractivity (Wildman–Crippen MR) is 123 cm³/mol. The first kappa shape index (κ1) is 23.5. The number of hydrogen-bond acceptors (Lipinski definition) is 6. The molecule has 0 aliphatic carbocycles. The van der Waals surface area contributed by atoms with Crippen LogP contribution in [0.1, 0.15) is 29.0 Å². The Morgan fingerprint density at radius 3 is 2.09 bits per heavy atom. The maximum atomic E-state index is 12.5. The largest absolute Gasteiger partial charge is 0.490 e. The third kappa shape index (κ3) is 6.16. The van der Waals surface area contributed by atoms with Gasteiger partial charge in [0.2, 0.25) is 0 Å². The molecule has 3 aromatic carbocycles. The van der Waals surface area contributed by atoms with E-state index in [-0.39, 0.29) is 23.8 Å². The summed E-state index contributed by atoms with van der Waals surface area (Å²) in [6.07, 6.45) is 0.0751. The zero-order valence-corrected chi connectivity index (χ0v) is 18.3. The van der Waals surface area contributed by atoms with Crippen LogP contribution < -0.4 is 10.1 Å². The predicted octanol–water partition coefficient (Wildman–Crippen LogP) is 4.62.